The molecule has 0 aliphatic heterocycles. The first-order chi connectivity index (χ1) is 24.8. The number of aryl methyl sites for hydroxylation is 2. The molecule has 0 radical (unpaired) electrons. The number of benzene rings is 6. The van der Waals surface area contributed by atoms with E-state index in [2.05, 4.69) is 117 Å². The lowest BCUT2D eigenvalue weighted by Gasteiger charge is -2.22. The maximum absolute atomic E-state index is 12.5. The van der Waals surface area contributed by atoms with Gasteiger partial charge < -0.3 is 0 Å². The normalized spacial score (nSPS) is 12.9. The summed E-state index contributed by atoms with van der Waals surface area (Å²) in [5.41, 5.74) is 14.0. The fourth-order valence-corrected chi connectivity index (χ4v) is 7.54. The second-order valence-electron chi connectivity index (χ2n) is 13.9. The lowest BCUT2D eigenvalue weighted by atomic mass is 9.81. The molecule has 8 aromatic rings. The van der Waals surface area contributed by atoms with Crippen LogP contribution in [0, 0.1) is 0 Å². The van der Waals surface area contributed by atoms with E-state index in [4.69, 9.17) is 15.0 Å². The number of aromatic nitrogens is 5. The van der Waals surface area contributed by atoms with Gasteiger partial charge in [0.25, 0.3) is 0 Å². The van der Waals surface area contributed by atoms with Gasteiger partial charge in [-0.25, -0.2) is 19.7 Å². The summed E-state index contributed by atoms with van der Waals surface area (Å²) in [5.74, 6) is 1.88. The predicted molar refractivity (Wildman–Crippen MR) is 206 cm³/mol. The van der Waals surface area contributed by atoms with Crippen LogP contribution in [-0.4, -0.2) is 24.1 Å². The maximum Gasteiger partial charge on any atom is 0.328 e. The van der Waals surface area contributed by atoms with Gasteiger partial charge in [0, 0.05) is 36.2 Å². The highest BCUT2D eigenvalue weighted by molar-refractivity contribution is 5.86. The summed E-state index contributed by atoms with van der Waals surface area (Å²) in [6, 6.07) is 48.5. The Balaban J connectivity index is 1.11. The van der Waals surface area contributed by atoms with Gasteiger partial charge >= 0.3 is 5.69 Å². The minimum atomic E-state index is -0.200. The van der Waals surface area contributed by atoms with E-state index in [1.807, 2.05) is 43.4 Å². The molecule has 246 valence electrons. The van der Waals surface area contributed by atoms with Crippen LogP contribution in [-0.2, 0) is 19.5 Å². The van der Waals surface area contributed by atoms with Crippen LogP contribution >= 0.6 is 0 Å². The third kappa shape index (κ3) is 5.02. The third-order valence-electron chi connectivity index (χ3n) is 10.5. The number of nitrogens with zero attached hydrogens (tertiary/aromatic N) is 5. The molecule has 1 aliphatic carbocycles. The van der Waals surface area contributed by atoms with Crippen molar-refractivity contribution in [2.45, 2.75) is 19.3 Å². The summed E-state index contributed by atoms with van der Waals surface area (Å²) in [6.45, 7) is 4.61. The molecule has 0 amide bonds. The molecule has 0 saturated heterocycles. The van der Waals surface area contributed by atoms with Crippen molar-refractivity contribution in [3.05, 3.63) is 161 Å². The van der Waals surface area contributed by atoms with Crippen LogP contribution in [0.5, 0.6) is 0 Å². The molecule has 0 saturated carbocycles. The number of imidazole rings is 1. The van der Waals surface area contributed by atoms with Gasteiger partial charge in [0.2, 0.25) is 0 Å². The molecule has 0 unspecified atom stereocenters. The van der Waals surface area contributed by atoms with E-state index < -0.39 is 0 Å². The van der Waals surface area contributed by atoms with Gasteiger partial charge in [-0.2, -0.15) is 0 Å². The Hall–Kier alpha value is -6.40. The molecule has 51 heavy (non-hydrogen) atoms. The van der Waals surface area contributed by atoms with Crippen molar-refractivity contribution >= 4 is 11.0 Å². The van der Waals surface area contributed by atoms with Gasteiger partial charge in [-0.3, -0.25) is 9.13 Å². The lowest BCUT2D eigenvalue weighted by molar-refractivity contribution is 0.661. The Kier molecular flexibility index (Phi) is 6.97. The highest BCUT2D eigenvalue weighted by Crippen LogP contribution is 2.50. The van der Waals surface area contributed by atoms with Crippen molar-refractivity contribution < 1.29 is 0 Å². The molecule has 1 aliphatic rings. The third-order valence-corrected chi connectivity index (χ3v) is 10.5. The van der Waals surface area contributed by atoms with Crippen LogP contribution in [0.3, 0.4) is 0 Å². The first kappa shape index (κ1) is 30.6. The summed E-state index contributed by atoms with van der Waals surface area (Å²) < 4.78 is 3.36. The van der Waals surface area contributed by atoms with Crippen LogP contribution < -0.4 is 5.69 Å². The minimum Gasteiger partial charge on any atom is -0.295 e. The van der Waals surface area contributed by atoms with Gasteiger partial charge in [-0.1, -0.05) is 129 Å². The Bertz CT molecular complexity index is 2690. The Morgan fingerprint density at radius 1 is 0.431 bits per heavy atom. The zero-order chi connectivity index (χ0) is 34.9. The van der Waals surface area contributed by atoms with E-state index >= 15 is 0 Å². The van der Waals surface area contributed by atoms with Gasteiger partial charge in [-0.15, -0.1) is 0 Å². The van der Waals surface area contributed by atoms with Crippen LogP contribution in [0.15, 0.2) is 144 Å². The summed E-state index contributed by atoms with van der Waals surface area (Å²) >= 11 is 0. The fourth-order valence-electron chi connectivity index (χ4n) is 7.54. The molecule has 0 fully saturated rings. The van der Waals surface area contributed by atoms with E-state index in [0.717, 1.165) is 38.9 Å². The largest absolute Gasteiger partial charge is 0.328 e. The Morgan fingerprint density at radius 3 is 1.47 bits per heavy atom. The quantitative estimate of drug-likeness (QED) is 0.184. The van der Waals surface area contributed by atoms with E-state index in [0.29, 0.717) is 17.5 Å². The van der Waals surface area contributed by atoms with E-state index in [1.165, 1.54) is 33.4 Å². The number of fused-ring (bicyclic) bond motifs is 4. The molecule has 9 rings (SSSR count). The second kappa shape index (κ2) is 11.6. The summed E-state index contributed by atoms with van der Waals surface area (Å²) in [6.07, 6.45) is 0. The van der Waals surface area contributed by atoms with Gasteiger partial charge in [0.1, 0.15) is 0 Å². The molecule has 0 N–H and O–H groups in total. The molecule has 6 heteroatoms. The minimum absolute atomic E-state index is 0.0361. The van der Waals surface area contributed by atoms with Crippen molar-refractivity contribution in [2.24, 2.45) is 14.1 Å². The van der Waals surface area contributed by atoms with Crippen molar-refractivity contribution in [3.63, 3.8) is 0 Å². The second-order valence-corrected chi connectivity index (χ2v) is 13.9. The van der Waals surface area contributed by atoms with E-state index in [9.17, 15) is 4.79 Å². The molecule has 0 spiro atoms. The number of hydrogen-bond donors (Lipinski definition) is 0. The highest BCUT2D eigenvalue weighted by atomic mass is 16.1. The average molecular weight is 662 g/mol. The Morgan fingerprint density at radius 2 is 0.843 bits per heavy atom. The molecule has 2 aromatic heterocycles. The molecule has 6 nitrogen and oxygen atoms in total. The van der Waals surface area contributed by atoms with E-state index in [-0.39, 0.29) is 11.1 Å². The average Bonchev–Trinajstić information content (AvgIpc) is 3.54. The molecular weight excluding hydrogens is 627 g/mol. The van der Waals surface area contributed by atoms with Crippen molar-refractivity contribution in [1.29, 1.82) is 0 Å². The van der Waals surface area contributed by atoms with Crippen LogP contribution in [0.25, 0.3) is 78.6 Å². The van der Waals surface area contributed by atoms with Crippen LogP contribution in [0.4, 0.5) is 0 Å². The number of rotatable bonds is 5. The monoisotopic (exact) mass is 661 g/mol. The molecule has 6 aromatic carbocycles. The molecule has 2 heterocycles. The topological polar surface area (TPSA) is 65.6 Å². The standard InChI is InChI=1S/C45H35N5O/c1-45(2)37-25-32(28-11-7-5-8-12-28)19-22-35(37)36-23-20-34(26-38(36)45)43-47-41(30-13-9-6-10-14-30)46-42(48-43)31-17-15-29(16-18-31)33-21-24-39-40(27-33)50(4)44(51)49(39)3/h5-27H,1-4H3. The van der Waals surface area contributed by atoms with Gasteiger partial charge in [0.15, 0.2) is 17.5 Å². The molecular formula is C45H35N5O. The zero-order valence-electron chi connectivity index (χ0n) is 28.9. The highest BCUT2D eigenvalue weighted by Gasteiger charge is 2.36. The van der Waals surface area contributed by atoms with Crippen molar-refractivity contribution in [2.75, 3.05) is 0 Å². The van der Waals surface area contributed by atoms with Gasteiger partial charge in [-0.05, 0) is 68.8 Å². The van der Waals surface area contributed by atoms with Crippen LogP contribution in [0.2, 0.25) is 0 Å². The van der Waals surface area contributed by atoms with Crippen molar-refractivity contribution in [1.82, 2.24) is 24.1 Å². The molecule has 0 bridgehead atoms. The fraction of sp³-hybridized carbons (Fsp3) is 0.111. The summed E-state index contributed by atoms with van der Waals surface area (Å²) in [7, 11) is 3.61. The smallest absolute Gasteiger partial charge is 0.295 e. The predicted octanol–water partition coefficient (Wildman–Crippen LogP) is 9.70. The first-order valence-electron chi connectivity index (χ1n) is 17.2. The first-order valence-corrected chi connectivity index (χ1v) is 17.2. The summed E-state index contributed by atoms with van der Waals surface area (Å²) in [5, 5.41) is 0. The number of hydrogen-bond acceptors (Lipinski definition) is 4. The zero-order valence-corrected chi connectivity index (χ0v) is 28.9. The van der Waals surface area contributed by atoms with Crippen LogP contribution in [0.1, 0.15) is 25.0 Å². The summed E-state index contributed by atoms with van der Waals surface area (Å²) in [4.78, 5) is 27.6. The lowest BCUT2D eigenvalue weighted by Crippen LogP contribution is -2.19. The van der Waals surface area contributed by atoms with E-state index in [1.54, 1.807) is 16.2 Å². The SMILES string of the molecule is Cn1c(=O)n(C)c2cc(-c3ccc(-c4nc(-c5ccccc5)nc(-c5ccc6c(c5)C(C)(C)c5cc(-c7ccccc7)ccc5-6)n4)cc3)ccc21. The molecule has 0 atom stereocenters. The van der Waals surface area contributed by atoms with Crippen molar-refractivity contribution in [3.8, 4) is 67.5 Å². The Labute approximate surface area is 296 Å². The maximum atomic E-state index is 12.5. The van der Waals surface area contributed by atoms with Gasteiger partial charge in [0.05, 0.1) is 11.0 Å².